The molecule has 160 valence electrons. The molecule has 0 atom stereocenters. The molecule has 1 amide bonds. The predicted octanol–water partition coefficient (Wildman–Crippen LogP) is 3.21. The number of pyridine rings is 1. The summed E-state index contributed by atoms with van der Waals surface area (Å²) in [6.45, 7) is 2.54. The van der Waals surface area contributed by atoms with Gasteiger partial charge in [-0.25, -0.2) is 14.2 Å². The lowest BCUT2D eigenvalue weighted by Gasteiger charge is -2.36. The number of nitrogens with one attached hydrogen (secondary N) is 1. The van der Waals surface area contributed by atoms with Gasteiger partial charge in [-0.1, -0.05) is 29.8 Å². The Hall–Kier alpha value is -3.12. The number of carbonyl (C=O) groups is 2. The van der Waals surface area contributed by atoms with Crippen molar-refractivity contribution in [2.75, 3.05) is 18.0 Å². The Morgan fingerprint density at radius 3 is 2.74 bits per heavy atom. The number of amides is 1. The second-order valence-corrected chi connectivity index (χ2v) is 8.48. The zero-order valence-corrected chi connectivity index (χ0v) is 17.8. The SMILES string of the molecule is Cc1ccc(CSNC(=O)C2(F)CCN(c3nc4c(cc3C#N)C(=O)OC4)CC2)cc1. The van der Waals surface area contributed by atoms with Gasteiger partial charge in [-0.05, 0) is 30.5 Å². The van der Waals surface area contributed by atoms with Crippen molar-refractivity contribution in [3.63, 3.8) is 0 Å². The molecular formula is C22H21FN4O3S. The zero-order chi connectivity index (χ0) is 22.0. The van der Waals surface area contributed by atoms with Crippen LogP contribution in [0.25, 0.3) is 0 Å². The predicted molar refractivity (Wildman–Crippen MR) is 114 cm³/mol. The molecule has 0 saturated carbocycles. The molecule has 1 saturated heterocycles. The molecule has 2 aromatic rings. The van der Waals surface area contributed by atoms with Crippen molar-refractivity contribution in [2.45, 2.75) is 37.8 Å². The Morgan fingerprint density at radius 2 is 2.06 bits per heavy atom. The molecule has 0 radical (unpaired) electrons. The summed E-state index contributed by atoms with van der Waals surface area (Å²) < 4.78 is 22.9. The van der Waals surface area contributed by atoms with Gasteiger partial charge in [0.15, 0.2) is 5.67 Å². The van der Waals surface area contributed by atoms with Gasteiger partial charge in [0.25, 0.3) is 5.91 Å². The first-order valence-corrected chi connectivity index (χ1v) is 10.9. The van der Waals surface area contributed by atoms with Crippen molar-refractivity contribution in [2.24, 2.45) is 0 Å². The van der Waals surface area contributed by atoms with E-state index >= 15 is 4.39 Å². The number of piperidine rings is 1. The number of nitrogens with zero attached hydrogens (tertiary/aromatic N) is 3. The molecule has 0 aliphatic carbocycles. The maximum Gasteiger partial charge on any atom is 0.340 e. The van der Waals surface area contributed by atoms with Crippen LogP contribution in [0.3, 0.4) is 0 Å². The van der Waals surface area contributed by atoms with Crippen molar-refractivity contribution in [1.29, 1.82) is 5.26 Å². The summed E-state index contributed by atoms with van der Waals surface area (Å²) in [5.41, 5.74) is 1.24. The van der Waals surface area contributed by atoms with Crippen LogP contribution in [0.2, 0.25) is 0 Å². The van der Waals surface area contributed by atoms with Gasteiger partial charge < -0.3 is 9.64 Å². The number of benzene rings is 1. The minimum Gasteiger partial charge on any atom is -0.455 e. The summed E-state index contributed by atoms with van der Waals surface area (Å²) in [4.78, 5) is 30.4. The lowest BCUT2D eigenvalue weighted by atomic mass is 9.92. The Morgan fingerprint density at radius 1 is 1.35 bits per heavy atom. The lowest BCUT2D eigenvalue weighted by molar-refractivity contribution is -0.132. The minimum absolute atomic E-state index is 0.0109. The summed E-state index contributed by atoms with van der Waals surface area (Å²) in [6.07, 6.45) is -0.0218. The first-order chi connectivity index (χ1) is 14.9. The number of aromatic nitrogens is 1. The van der Waals surface area contributed by atoms with E-state index in [0.717, 1.165) is 11.1 Å². The number of alkyl halides is 1. The molecular weight excluding hydrogens is 419 g/mol. The third-order valence-electron chi connectivity index (χ3n) is 5.55. The summed E-state index contributed by atoms with van der Waals surface area (Å²) >= 11 is 1.18. The molecule has 9 heteroatoms. The van der Waals surface area contributed by atoms with Gasteiger partial charge in [0.05, 0.1) is 16.8 Å². The molecule has 0 spiro atoms. The molecule has 2 aliphatic rings. The number of halogens is 1. The second kappa shape index (κ2) is 8.55. The van der Waals surface area contributed by atoms with Crippen LogP contribution in [0, 0.1) is 18.3 Å². The third kappa shape index (κ3) is 4.35. The molecule has 3 heterocycles. The van der Waals surface area contributed by atoms with Crippen LogP contribution in [-0.4, -0.2) is 35.6 Å². The van der Waals surface area contributed by atoms with E-state index in [1.807, 2.05) is 37.3 Å². The minimum atomic E-state index is -1.97. The average molecular weight is 441 g/mol. The quantitative estimate of drug-likeness (QED) is 0.563. The largest absolute Gasteiger partial charge is 0.455 e. The van der Waals surface area contributed by atoms with Gasteiger partial charge in [0.1, 0.15) is 18.5 Å². The number of cyclic esters (lactones) is 1. The van der Waals surface area contributed by atoms with Gasteiger partial charge in [0, 0.05) is 31.7 Å². The standard InChI is InChI=1S/C22H21FN4O3S/c1-14-2-4-15(5-3-14)13-31-26-21(29)22(23)6-8-27(9-7-22)19-16(11-24)10-17-18(25-19)12-30-20(17)28/h2-5,10H,6-9,12-13H2,1H3,(H,26,29). The van der Waals surface area contributed by atoms with Crippen molar-refractivity contribution < 1.29 is 18.7 Å². The Labute approximate surface area is 183 Å². The summed E-state index contributed by atoms with van der Waals surface area (Å²) in [7, 11) is 0. The van der Waals surface area contributed by atoms with Crippen molar-refractivity contribution in [1.82, 2.24) is 9.71 Å². The molecule has 7 nitrogen and oxygen atoms in total. The number of anilines is 1. The van der Waals surface area contributed by atoms with Gasteiger partial charge in [0.2, 0.25) is 0 Å². The number of hydrogen-bond donors (Lipinski definition) is 1. The summed E-state index contributed by atoms with van der Waals surface area (Å²) in [5.74, 6) is -0.173. The van der Waals surface area contributed by atoms with Crippen molar-refractivity contribution >= 4 is 29.6 Å². The highest BCUT2D eigenvalue weighted by atomic mass is 32.2. The molecule has 1 aromatic heterocycles. The Kier molecular flexibility index (Phi) is 5.83. The number of rotatable bonds is 5. The van der Waals surface area contributed by atoms with Gasteiger partial charge in [-0.15, -0.1) is 0 Å². The number of aryl methyl sites for hydroxylation is 1. The number of fused-ring (bicyclic) bond motifs is 1. The monoisotopic (exact) mass is 440 g/mol. The first kappa shape index (κ1) is 21.1. The Balaban J connectivity index is 1.36. The van der Waals surface area contributed by atoms with Crippen LogP contribution in [0.4, 0.5) is 10.2 Å². The zero-order valence-electron chi connectivity index (χ0n) is 17.0. The van der Waals surface area contributed by atoms with E-state index in [1.54, 1.807) is 4.90 Å². The molecule has 31 heavy (non-hydrogen) atoms. The van der Waals surface area contributed by atoms with Crippen LogP contribution in [0.15, 0.2) is 30.3 Å². The average Bonchev–Trinajstić information content (AvgIpc) is 3.14. The Bertz CT molecular complexity index is 1060. The van der Waals surface area contributed by atoms with Crippen LogP contribution in [-0.2, 0) is 21.9 Å². The van der Waals surface area contributed by atoms with E-state index in [1.165, 1.54) is 18.0 Å². The molecule has 1 fully saturated rings. The molecule has 1 N–H and O–H groups in total. The maximum atomic E-state index is 15.3. The smallest absolute Gasteiger partial charge is 0.340 e. The summed E-state index contributed by atoms with van der Waals surface area (Å²) in [5, 5.41) is 9.45. The van der Waals surface area contributed by atoms with E-state index in [9.17, 15) is 14.9 Å². The first-order valence-electron chi connectivity index (χ1n) is 9.92. The topological polar surface area (TPSA) is 95.3 Å². The fourth-order valence-corrected chi connectivity index (χ4v) is 4.37. The number of esters is 1. The second-order valence-electron chi connectivity index (χ2n) is 7.70. The van der Waals surface area contributed by atoms with Crippen LogP contribution < -0.4 is 9.62 Å². The van der Waals surface area contributed by atoms with E-state index in [2.05, 4.69) is 9.71 Å². The molecule has 4 rings (SSSR count). The fraction of sp³-hybridized carbons (Fsp3) is 0.364. The third-order valence-corrected chi connectivity index (χ3v) is 6.36. The highest BCUT2D eigenvalue weighted by Gasteiger charge is 2.42. The molecule has 2 aliphatic heterocycles. The van der Waals surface area contributed by atoms with Crippen molar-refractivity contribution in [3.05, 3.63) is 58.3 Å². The number of carbonyl (C=O) groups excluding carboxylic acids is 2. The van der Waals surface area contributed by atoms with Gasteiger partial charge >= 0.3 is 5.97 Å². The van der Waals surface area contributed by atoms with E-state index in [-0.39, 0.29) is 38.1 Å². The van der Waals surface area contributed by atoms with E-state index in [4.69, 9.17) is 4.74 Å². The highest BCUT2D eigenvalue weighted by molar-refractivity contribution is 7.97. The van der Waals surface area contributed by atoms with Crippen LogP contribution >= 0.6 is 11.9 Å². The van der Waals surface area contributed by atoms with Crippen molar-refractivity contribution in [3.8, 4) is 6.07 Å². The molecule has 0 unspecified atom stereocenters. The number of hydrogen-bond acceptors (Lipinski definition) is 7. The number of nitriles is 1. The normalized spacial score (nSPS) is 16.9. The fourth-order valence-electron chi connectivity index (χ4n) is 3.62. The van der Waals surface area contributed by atoms with Crippen LogP contribution in [0.5, 0.6) is 0 Å². The molecule has 1 aromatic carbocycles. The van der Waals surface area contributed by atoms with Gasteiger partial charge in [-0.2, -0.15) is 5.26 Å². The van der Waals surface area contributed by atoms with Crippen LogP contribution in [0.1, 0.15) is 45.6 Å². The number of ether oxygens (including phenoxy) is 1. The van der Waals surface area contributed by atoms with Gasteiger partial charge in [-0.3, -0.25) is 9.52 Å². The summed E-state index contributed by atoms with van der Waals surface area (Å²) in [6, 6.07) is 11.5. The van der Waals surface area contributed by atoms with E-state index in [0.29, 0.717) is 22.8 Å². The van der Waals surface area contributed by atoms with E-state index < -0.39 is 17.5 Å². The molecule has 0 bridgehead atoms. The maximum absolute atomic E-state index is 15.3. The highest BCUT2D eigenvalue weighted by Crippen LogP contribution is 2.33. The lowest BCUT2D eigenvalue weighted by Crippen LogP contribution is -2.50.